The Bertz CT molecular complexity index is 1470. The van der Waals surface area contributed by atoms with Crippen LogP contribution < -0.4 is 25.2 Å². The molecule has 2 amide bonds. The minimum Gasteiger partial charge on any atom is -0.474 e. The van der Waals surface area contributed by atoms with Gasteiger partial charge in [-0.05, 0) is 57.9 Å². The molecule has 0 unspecified atom stereocenters. The Morgan fingerprint density at radius 3 is 2.67 bits per heavy atom. The maximum Gasteiger partial charge on any atom is 0.415 e. The number of hydrogen-bond donors (Lipinski definition) is 2. The van der Waals surface area contributed by atoms with Crippen molar-refractivity contribution in [1.29, 1.82) is 0 Å². The molecule has 2 aromatic heterocycles. The molecule has 0 saturated carbocycles. The van der Waals surface area contributed by atoms with Gasteiger partial charge in [0.05, 0.1) is 36.2 Å². The number of halogens is 1. The maximum atomic E-state index is 14.4. The van der Waals surface area contributed by atoms with E-state index in [2.05, 4.69) is 25.5 Å². The summed E-state index contributed by atoms with van der Waals surface area (Å²) in [5.41, 5.74) is 3.93. The highest BCUT2D eigenvalue weighted by atomic mass is 19.1. The van der Waals surface area contributed by atoms with Crippen LogP contribution in [0.2, 0.25) is 0 Å². The van der Waals surface area contributed by atoms with Gasteiger partial charge in [0.25, 0.3) is 5.91 Å². The summed E-state index contributed by atoms with van der Waals surface area (Å²) in [5.74, 6) is -0.424. The minimum atomic E-state index is -0.645. The Morgan fingerprint density at radius 1 is 1.15 bits per heavy atom. The molecule has 12 heteroatoms. The van der Waals surface area contributed by atoms with Crippen LogP contribution in [0, 0.1) is 12.7 Å². The van der Waals surface area contributed by atoms with E-state index in [1.807, 2.05) is 27.7 Å². The predicted molar refractivity (Wildman–Crippen MR) is 148 cm³/mol. The Balaban J connectivity index is 1.38. The molecule has 5 rings (SSSR count). The fourth-order valence-corrected chi connectivity index (χ4v) is 4.76. The van der Waals surface area contributed by atoms with Crippen molar-refractivity contribution in [2.45, 2.75) is 46.3 Å². The maximum absolute atomic E-state index is 14.4. The molecule has 0 aliphatic carbocycles. The van der Waals surface area contributed by atoms with Crippen LogP contribution in [0.5, 0.6) is 5.88 Å². The SMILES string of the molecule is CNC(=O)c1ccc(Nc2ncc3c(n2)CN(c2cnc4c(c2C)N(C(=O)OC(C)(C)C)CCO4)CC3)cc1F. The molecule has 0 bridgehead atoms. The fourth-order valence-electron chi connectivity index (χ4n) is 4.76. The number of benzene rings is 1. The number of ether oxygens (including phenoxy) is 2. The van der Waals surface area contributed by atoms with Crippen LogP contribution >= 0.6 is 0 Å². The smallest absolute Gasteiger partial charge is 0.415 e. The zero-order chi connectivity index (χ0) is 28.6. The van der Waals surface area contributed by atoms with Gasteiger partial charge in [0.15, 0.2) is 0 Å². The lowest BCUT2D eigenvalue weighted by Crippen LogP contribution is -2.42. The van der Waals surface area contributed by atoms with E-state index in [9.17, 15) is 14.0 Å². The van der Waals surface area contributed by atoms with E-state index in [1.54, 1.807) is 23.4 Å². The number of nitrogens with zero attached hydrogens (tertiary/aromatic N) is 5. The van der Waals surface area contributed by atoms with E-state index in [1.165, 1.54) is 19.2 Å². The van der Waals surface area contributed by atoms with Crippen LogP contribution in [0.3, 0.4) is 0 Å². The fraction of sp³-hybridized carbons (Fsp3) is 0.393. The molecule has 0 fully saturated rings. The molecule has 2 N–H and O–H groups in total. The standard InChI is InChI=1S/C28H32FN7O4/c1-16-22(14-31-25-23(16)36(10-11-39-25)27(38)40-28(2,3)4)35-9-8-17-13-32-26(34-21(17)15-35)33-18-6-7-19(20(29)12-18)24(37)30-5/h6-7,12-14H,8-11,15H2,1-5H3,(H,30,37)(H,32,33,34). The van der Waals surface area contributed by atoms with Crippen LogP contribution in [0.4, 0.5) is 32.2 Å². The summed E-state index contributed by atoms with van der Waals surface area (Å²) >= 11 is 0. The highest BCUT2D eigenvalue weighted by Gasteiger charge is 2.32. The average Bonchev–Trinajstić information content (AvgIpc) is 2.91. The first-order valence-corrected chi connectivity index (χ1v) is 13.1. The number of pyridine rings is 1. The average molecular weight is 550 g/mol. The van der Waals surface area contributed by atoms with Crippen LogP contribution in [-0.4, -0.2) is 59.3 Å². The molecular formula is C28H32FN7O4. The number of hydrogen-bond acceptors (Lipinski definition) is 9. The van der Waals surface area contributed by atoms with Crippen molar-refractivity contribution in [1.82, 2.24) is 20.3 Å². The molecule has 2 aliphatic rings. The summed E-state index contributed by atoms with van der Waals surface area (Å²) in [6, 6.07) is 4.25. The van der Waals surface area contributed by atoms with Crippen molar-refractivity contribution in [2.24, 2.45) is 0 Å². The third-order valence-electron chi connectivity index (χ3n) is 6.67. The molecule has 11 nitrogen and oxygen atoms in total. The zero-order valence-corrected chi connectivity index (χ0v) is 23.2. The highest BCUT2D eigenvalue weighted by molar-refractivity contribution is 5.94. The number of fused-ring (bicyclic) bond motifs is 2. The largest absolute Gasteiger partial charge is 0.474 e. The molecule has 210 valence electrons. The summed E-state index contributed by atoms with van der Waals surface area (Å²) in [7, 11) is 1.45. The van der Waals surface area contributed by atoms with E-state index in [-0.39, 0.29) is 5.56 Å². The summed E-state index contributed by atoms with van der Waals surface area (Å²) in [4.78, 5) is 42.1. The monoisotopic (exact) mass is 549 g/mol. The molecular weight excluding hydrogens is 517 g/mol. The van der Waals surface area contributed by atoms with Gasteiger partial charge >= 0.3 is 6.09 Å². The van der Waals surface area contributed by atoms with Crippen LogP contribution in [-0.2, 0) is 17.7 Å². The van der Waals surface area contributed by atoms with E-state index in [0.29, 0.717) is 55.9 Å². The van der Waals surface area contributed by atoms with Crippen molar-refractivity contribution in [2.75, 3.05) is 41.9 Å². The van der Waals surface area contributed by atoms with Crippen molar-refractivity contribution < 1.29 is 23.5 Å². The van der Waals surface area contributed by atoms with Crippen LogP contribution in [0.25, 0.3) is 0 Å². The normalized spacial score (nSPS) is 14.6. The van der Waals surface area contributed by atoms with Crippen molar-refractivity contribution in [3.8, 4) is 5.88 Å². The molecule has 0 atom stereocenters. The lowest BCUT2D eigenvalue weighted by molar-refractivity contribution is 0.0566. The highest BCUT2D eigenvalue weighted by Crippen LogP contribution is 2.39. The lowest BCUT2D eigenvalue weighted by atomic mass is 10.0. The first-order valence-electron chi connectivity index (χ1n) is 13.1. The second-order valence-electron chi connectivity index (χ2n) is 10.6. The number of aromatic nitrogens is 3. The third kappa shape index (κ3) is 5.47. The number of rotatable bonds is 4. The van der Waals surface area contributed by atoms with Gasteiger partial charge in [-0.1, -0.05) is 0 Å². The van der Waals surface area contributed by atoms with Crippen LogP contribution in [0.15, 0.2) is 30.6 Å². The summed E-state index contributed by atoms with van der Waals surface area (Å²) in [6.45, 7) is 9.35. The molecule has 3 aromatic rings. The second-order valence-corrected chi connectivity index (χ2v) is 10.6. The van der Waals surface area contributed by atoms with Crippen molar-refractivity contribution in [3.05, 3.63) is 58.8 Å². The van der Waals surface area contributed by atoms with Gasteiger partial charge in [0.2, 0.25) is 11.8 Å². The van der Waals surface area contributed by atoms with E-state index in [4.69, 9.17) is 14.5 Å². The number of carbonyl (C=O) groups is 2. The Labute approximate surface area is 231 Å². The van der Waals surface area contributed by atoms with Gasteiger partial charge in [-0.3, -0.25) is 9.69 Å². The molecule has 0 saturated heterocycles. The summed E-state index contributed by atoms with van der Waals surface area (Å²) in [6.07, 6.45) is 3.81. The van der Waals surface area contributed by atoms with Gasteiger partial charge in [-0.2, -0.15) is 0 Å². The summed E-state index contributed by atoms with van der Waals surface area (Å²) in [5, 5.41) is 5.44. The van der Waals surface area contributed by atoms with Gasteiger partial charge in [0.1, 0.15) is 23.7 Å². The quantitative estimate of drug-likeness (QED) is 0.495. The van der Waals surface area contributed by atoms with Gasteiger partial charge in [-0.15, -0.1) is 0 Å². The summed E-state index contributed by atoms with van der Waals surface area (Å²) < 4.78 is 25.8. The number of anilines is 4. The molecule has 0 radical (unpaired) electrons. The Morgan fingerprint density at radius 2 is 1.95 bits per heavy atom. The first-order chi connectivity index (χ1) is 19.0. The van der Waals surface area contributed by atoms with E-state index < -0.39 is 23.4 Å². The van der Waals surface area contributed by atoms with Gasteiger partial charge in [-0.25, -0.2) is 24.1 Å². The molecule has 0 spiro atoms. The first kappa shape index (κ1) is 27.1. The Hall–Kier alpha value is -4.48. The topological polar surface area (TPSA) is 122 Å². The van der Waals surface area contributed by atoms with Crippen molar-refractivity contribution in [3.63, 3.8) is 0 Å². The number of amides is 2. The predicted octanol–water partition coefficient (Wildman–Crippen LogP) is 4.12. The molecule has 2 aliphatic heterocycles. The van der Waals surface area contributed by atoms with E-state index in [0.717, 1.165) is 22.5 Å². The second kappa shape index (κ2) is 10.6. The van der Waals surface area contributed by atoms with Gasteiger partial charge in [0, 0.05) is 31.0 Å². The van der Waals surface area contributed by atoms with Gasteiger partial charge < -0.3 is 25.0 Å². The lowest BCUT2D eigenvalue weighted by Gasteiger charge is -2.35. The van der Waals surface area contributed by atoms with Crippen molar-refractivity contribution >= 4 is 35.0 Å². The number of nitrogens with one attached hydrogen (secondary N) is 2. The molecule has 4 heterocycles. The number of carbonyl (C=O) groups excluding carboxylic acids is 2. The van der Waals surface area contributed by atoms with Crippen LogP contribution in [0.1, 0.15) is 48.0 Å². The molecule has 40 heavy (non-hydrogen) atoms. The Kier molecular flexibility index (Phi) is 7.17. The molecule has 1 aromatic carbocycles. The zero-order valence-electron chi connectivity index (χ0n) is 23.2. The van der Waals surface area contributed by atoms with E-state index >= 15 is 0 Å². The third-order valence-corrected chi connectivity index (χ3v) is 6.67. The minimum absolute atomic E-state index is 0.0419.